The SMILES string of the molecule is CCOC(=O)/C=C(\OS(=O)(=O)c1ccc(C)cc1)c1cccnc1. The van der Waals surface area contributed by atoms with Gasteiger partial charge in [0, 0.05) is 18.0 Å². The van der Waals surface area contributed by atoms with Crippen LogP contribution in [0.15, 0.2) is 59.8 Å². The predicted molar refractivity (Wildman–Crippen MR) is 88.3 cm³/mol. The van der Waals surface area contributed by atoms with Gasteiger partial charge in [-0.15, -0.1) is 0 Å². The van der Waals surface area contributed by atoms with Crippen molar-refractivity contribution < 1.29 is 22.1 Å². The van der Waals surface area contributed by atoms with Crippen LogP contribution < -0.4 is 0 Å². The molecule has 1 aromatic heterocycles. The second-order valence-corrected chi connectivity index (χ2v) is 6.40. The largest absolute Gasteiger partial charge is 0.463 e. The highest BCUT2D eigenvalue weighted by atomic mass is 32.2. The highest BCUT2D eigenvalue weighted by molar-refractivity contribution is 7.87. The summed E-state index contributed by atoms with van der Waals surface area (Å²) < 4.78 is 34.8. The molecule has 1 heterocycles. The molecule has 0 aliphatic carbocycles. The fraction of sp³-hybridized carbons (Fsp3) is 0.176. The topological polar surface area (TPSA) is 82.6 Å². The van der Waals surface area contributed by atoms with Crippen LogP contribution in [0, 0.1) is 6.92 Å². The molecule has 0 aliphatic rings. The van der Waals surface area contributed by atoms with E-state index >= 15 is 0 Å². The van der Waals surface area contributed by atoms with Crippen LogP contribution in [0.1, 0.15) is 18.1 Å². The summed E-state index contributed by atoms with van der Waals surface area (Å²) in [6.07, 6.45) is 3.92. The van der Waals surface area contributed by atoms with E-state index < -0.39 is 16.1 Å². The van der Waals surface area contributed by atoms with Crippen LogP contribution in [-0.2, 0) is 23.8 Å². The van der Waals surface area contributed by atoms with Crippen LogP contribution in [0.2, 0.25) is 0 Å². The highest BCUT2D eigenvalue weighted by Gasteiger charge is 2.20. The van der Waals surface area contributed by atoms with Crippen molar-refractivity contribution in [3.63, 3.8) is 0 Å². The summed E-state index contributed by atoms with van der Waals surface area (Å²) >= 11 is 0. The number of hydrogen-bond donors (Lipinski definition) is 0. The van der Waals surface area contributed by atoms with Gasteiger partial charge in [-0.25, -0.2) is 4.79 Å². The number of benzene rings is 1. The first kappa shape index (κ1) is 17.7. The second kappa shape index (κ2) is 7.74. The summed E-state index contributed by atoms with van der Waals surface area (Å²) in [7, 11) is -4.09. The maximum Gasteiger partial charge on any atom is 0.339 e. The molecule has 7 heteroatoms. The van der Waals surface area contributed by atoms with E-state index in [0.29, 0.717) is 5.56 Å². The minimum absolute atomic E-state index is 0.00764. The average Bonchev–Trinajstić information content (AvgIpc) is 2.55. The molecule has 1 aromatic carbocycles. The molecule has 2 rings (SSSR count). The Bertz CT molecular complexity index is 827. The number of hydrogen-bond acceptors (Lipinski definition) is 6. The maximum atomic E-state index is 12.4. The van der Waals surface area contributed by atoms with Crippen molar-refractivity contribution in [2.75, 3.05) is 6.61 Å². The summed E-state index contributed by atoms with van der Waals surface area (Å²) in [5, 5.41) is 0. The lowest BCUT2D eigenvalue weighted by Gasteiger charge is -2.11. The molecule has 0 radical (unpaired) electrons. The summed E-state index contributed by atoms with van der Waals surface area (Å²) in [5.41, 5.74) is 1.27. The van der Waals surface area contributed by atoms with Gasteiger partial charge in [-0.1, -0.05) is 17.7 Å². The number of nitrogens with zero attached hydrogens (tertiary/aromatic N) is 1. The number of aryl methyl sites for hydroxylation is 1. The molecule has 0 spiro atoms. The van der Waals surface area contributed by atoms with Gasteiger partial charge in [0.2, 0.25) is 0 Å². The molecule has 0 bridgehead atoms. The Morgan fingerprint density at radius 1 is 1.21 bits per heavy atom. The van der Waals surface area contributed by atoms with E-state index in [2.05, 4.69) is 4.98 Å². The minimum Gasteiger partial charge on any atom is -0.463 e. The standard InChI is InChI=1S/C17H17NO5S/c1-3-22-17(19)11-16(14-5-4-10-18-12-14)23-24(20,21)15-8-6-13(2)7-9-15/h4-12H,3H2,1-2H3/b16-11-. The average molecular weight is 347 g/mol. The Balaban J connectivity index is 2.38. The van der Waals surface area contributed by atoms with Crippen molar-refractivity contribution in [1.82, 2.24) is 4.98 Å². The van der Waals surface area contributed by atoms with E-state index in [1.807, 2.05) is 6.92 Å². The molecular weight excluding hydrogens is 330 g/mol. The molecule has 0 fully saturated rings. The van der Waals surface area contributed by atoms with Crippen molar-refractivity contribution >= 4 is 21.8 Å². The van der Waals surface area contributed by atoms with Gasteiger partial charge in [0.05, 0.1) is 12.7 Å². The molecule has 2 aromatic rings. The zero-order chi connectivity index (χ0) is 17.6. The number of pyridine rings is 1. The van der Waals surface area contributed by atoms with Crippen molar-refractivity contribution in [1.29, 1.82) is 0 Å². The summed E-state index contributed by atoms with van der Waals surface area (Å²) in [5.74, 6) is -0.849. The fourth-order valence-electron chi connectivity index (χ4n) is 1.83. The molecule has 0 saturated heterocycles. The lowest BCUT2D eigenvalue weighted by molar-refractivity contribution is -0.137. The Hall–Kier alpha value is -2.67. The highest BCUT2D eigenvalue weighted by Crippen LogP contribution is 2.23. The van der Waals surface area contributed by atoms with Crippen molar-refractivity contribution in [3.8, 4) is 0 Å². The minimum atomic E-state index is -4.09. The predicted octanol–water partition coefficient (Wildman–Crippen LogP) is 2.70. The normalized spacial score (nSPS) is 11.8. The van der Waals surface area contributed by atoms with Gasteiger partial charge in [-0.2, -0.15) is 8.42 Å². The first-order valence-corrected chi connectivity index (χ1v) is 8.63. The van der Waals surface area contributed by atoms with Crippen molar-refractivity contribution in [2.24, 2.45) is 0 Å². The van der Waals surface area contributed by atoms with Crippen LogP contribution in [0.25, 0.3) is 5.76 Å². The van der Waals surface area contributed by atoms with E-state index in [-0.39, 0.29) is 17.3 Å². The number of carbonyl (C=O) groups is 1. The number of ether oxygens (including phenoxy) is 1. The third-order valence-corrected chi connectivity index (χ3v) is 4.24. The molecule has 0 atom stereocenters. The third kappa shape index (κ3) is 4.66. The smallest absolute Gasteiger partial charge is 0.339 e. The summed E-state index contributed by atoms with van der Waals surface area (Å²) in [4.78, 5) is 15.6. The van der Waals surface area contributed by atoms with Crippen molar-refractivity contribution in [2.45, 2.75) is 18.7 Å². The third-order valence-electron chi connectivity index (χ3n) is 2.99. The van der Waals surface area contributed by atoms with Gasteiger partial charge in [-0.05, 0) is 38.1 Å². The number of rotatable bonds is 6. The zero-order valence-electron chi connectivity index (χ0n) is 13.3. The number of aromatic nitrogens is 1. The van der Waals surface area contributed by atoms with E-state index in [0.717, 1.165) is 11.6 Å². The van der Waals surface area contributed by atoms with E-state index in [1.165, 1.54) is 24.5 Å². The molecule has 126 valence electrons. The van der Waals surface area contributed by atoms with Gasteiger partial charge >= 0.3 is 16.1 Å². The number of carbonyl (C=O) groups excluding carboxylic acids is 1. The molecule has 0 amide bonds. The van der Waals surface area contributed by atoms with Crippen molar-refractivity contribution in [3.05, 3.63) is 66.0 Å². The Morgan fingerprint density at radius 2 is 1.92 bits per heavy atom. The lowest BCUT2D eigenvalue weighted by atomic mass is 10.2. The Labute approximate surface area is 140 Å². The molecule has 24 heavy (non-hydrogen) atoms. The molecule has 0 N–H and O–H groups in total. The van der Waals surface area contributed by atoms with Crippen LogP contribution in [0.5, 0.6) is 0 Å². The summed E-state index contributed by atoms with van der Waals surface area (Å²) in [6.45, 7) is 3.67. The van der Waals surface area contributed by atoms with E-state index in [1.54, 1.807) is 31.2 Å². The second-order valence-electron chi connectivity index (χ2n) is 4.85. The van der Waals surface area contributed by atoms with E-state index in [9.17, 15) is 13.2 Å². The van der Waals surface area contributed by atoms with Gasteiger partial charge < -0.3 is 8.92 Å². The Kier molecular flexibility index (Phi) is 5.70. The maximum absolute atomic E-state index is 12.4. The Morgan fingerprint density at radius 3 is 2.50 bits per heavy atom. The first-order valence-electron chi connectivity index (χ1n) is 7.22. The quantitative estimate of drug-likeness (QED) is 0.346. The van der Waals surface area contributed by atoms with Crippen LogP contribution in [0.4, 0.5) is 0 Å². The molecule has 0 saturated carbocycles. The van der Waals surface area contributed by atoms with Gasteiger partial charge in [0.1, 0.15) is 4.90 Å². The fourth-order valence-corrected chi connectivity index (χ4v) is 2.77. The molecule has 0 unspecified atom stereocenters. The molecular formula is C17H17NO5S. The van der Waals surface area contributed by atoms with E-state index in [4.69, 9.17) is 8.92 Å². The van der Waals surface area contributed by atoms with Gasteiger partial charge in [0.15, 0.2) is 5.76 Å². The van der Waals surface area contributed by atoms with Gasteiger partial charge in [0.25, 0.3) is 0 Å². The molecule has 0 aliphatic heterocycles. The van der Waals surface area contributed by atoms with Gasteiger partial charge in [-0.3, -0.25) is 4.98 Å². The monoisotopic (exact) mass is 347 g/mol. The molecule has 6 nitrogen and oxygen atoms in total. The van der Waals surface area contributed by atoms with Crippen LogP contribution in [-0.4, -0.2) is 26.0 Å². The van der Waals surface area contributed by atoms with Crippen LogP contribution in [0.3, 0.4) is 0 Å². The number of esters is 1. The summed E-state index contributed by atoms with van der Waals surface area (Å²) in [6, 6.07) is 9.40. The van der Waals surface area contributed by atoms with Crippen LogP contribution >= 0.6 is 0 Å². The lowest BCUT2D eigenvalue weighted by Crippen LogP contribution is -2.09. The first-order chi connectivity index (χ1) is 11.4. The zero-order valence-corrected chi connectivity index (χ0v) is 14.1.